The van der Waals surface area contributed by atoms with Gasteiger partial charge in [0.2, 0.25) is 11.8 Å². The van der Waals surface area contributed by atoms with E-state index < -0.39 is 0 Å². The van der Waals surface area contributed by atoms with E-state index in [0.29, 0.717) is 13.0 Å². The van der Waals surface area contributed by atoms with Crippen molar-refractivity contribution in [1.29, 1.82) is 0 Å². The van der Waals surface area contributed by atoms with E-state index in [1.54, 1.807) is 4.68 Å². The van der Waals surface area contributed by atoms with E-state index in [4.69, 9.17) is 0 Å². The number of benzene rings is 1. The van der Waals surface area contributed by atoms with Crippen LogP contribution in [0.3, 0.4) is 0 Å². The molecular formula is C19H26N4O2. The minimum Gasteiger partial charge on any atom is -0.352 e. The van der Waals surface area contributed by atoms with E-state index in [1.165, 1.54) is 0 Å². The third kappa shape index (κ3) is 4.92. The fourth-order valence-corrected chi connectivity index (χ4v) is 2.49. The van der Waals surface area contributed by atoms with Crippen LogP contribution in [-0.4, -0.2) is 21.6 Å². The van der Waals surface area contributed by atoms with Crippen LogP contribution in [0, 0.1) is 19.8 Å². The third-order valence-electron chi connectivity index (χ3n) is 4.23. The molecule has 0 fully saturated rings. The van der Waals surface area contributed by atoms with Gasteiger partial charge < -0.3 is 10.6 Å². The van der Waals surface area contributed by atoms with Gasteiger partial charge in [-0.05, 0) is 31.5 Å². The summed E-state index contributed by atoms with van der Waals surface area (Å²) in [4.78, 5) is 23.8. The highest BCUT2D eigenvalue weighted by molar-refractivity contribution is 5.92. The fourth-order valence-electron chi connectivity index (χ4n) is 2.49. The second-order valence-corrected chi connectivity index (χ2v) is 6.57. The molecule has 134 valence electrons. The van der Waals surface area contributed by atoms with Gasteiger partial charge in [-0.1, -0.05) is 26.0 Å². The van der Waals surface area contributed by atoms with Crippen molar-refractivity contribution in [1.82, 2.24) is 15.1 Å². The van der Waals surface area contributed by atoms with Gasteiger partial charge in [0.15, 0.2) is 0 Å². The Bertz CT molecular complexity index is 760. The van der Waals surface area contributed by atoms with Crippen LogP contribution in [0.2, 0.25) is 0 Å². The lowest BCUT2D eigenvalue weighted by atomic mass is 10.1. The van der Waals surface area contributed by atoms with E-state index in [9.17, 15) is 9.59 Å². The van der Waals surface area contributed by atoms with Crippen molar-refractivity contribution in [3.8, 4) is 0 Å². The number of aromatic nitrogens is 2. The summed E-state index contributed by atoms with van der Waals surface area (Å²) in [7, 11) is 1.88. The molecule has 0 radical (unpaired) electrons. The molecule has 1 heterocycles. The predicted molar refractivity (Wildman–Crippen MR) is 98.1 cm³/mol. The summed E-state index contributed by atoms with van der Waals surface area (Å²) < 4.78 is 1.79. The van der Waals surface area contributed by atoms with E-state index in [-0.39, 0.29) is 17.7 Å². The predicted octanol–water partition coefficient (Wildman–Crippen LogP) is 2.49. The zero-order chi connectivity index (χ0) is 18.6. The van der Waals surface area contributed by atoms with Gasteiger partial charge >= 0.3 is 0 Å². The number of carbonyl (C=O) groups excluding carboxylic acids is 2. The van der Waals surface area contributed by atoms with Crippen LogP contribution in [0.4, 0.5) is 5.69 Å². The fraction of sp³-hybridized carbons (Fsp3) is 0.421. The van der Waals surface area contributed by atoms with Gasteiger partial charge in [-0.2, -0.15) is 5.10 Å². The highest BCUT2D eigenvalue weighted by Gasteiger charge is 2.13. The average molecular weight is 342 g/mol. The van der Waals surface area contributed by atoms with Gasteiger partial charge in [0.25, 0.3) is 0 Å². The summed E-state index contributed by atoms with van der Waals surface area (Å²) in [6, 6.07) is 7.49. The van der Waals surface area contributed by atoms with Crippen molar-refractivity contribution in [2.45, 2.75) is 40.7 Å². The van der Waals surface area contributed by atoms with Gasteiger partial charge in [0, 0.05) is 36.5 Å². The Morgan fingerprint density at radius 1 is 1.16 bits per heavy atom. The van der Waals surface area contributed by atoms with Crippen LogP contribution < -0.4 is 10.6 Å². The Morgan fingerprint density at radius 2 is 1.80 bits per heavy atom. The molecule has 1 aromatic heterocycles. The topological polar surface area (TPSA) is 76.0 Å². The highest BCUT2D eigenvalue weighted by Crippen LogP contribution is 2.13. The molecule has 0 saturated heterocycles. The van der Waals surface area contributed by atoms with E-state index in [0.717, 1.165) is 28.2 Å². The molecule has 0 unspecified atom stereocenters. The Kier molecular flexibility index (Phi) is 5.96. The molecule has 0 saturated carbocycles. The first-order valence-corrected chi connectivity index (χ1v) is 8.43. The SMILES string of the molecule is Cc1nn(C)c(C)c1CC(=O)NCc1ccc(NC(=O)C(C)C)cc1. The molecule has 0 bridgehead atoms. The van der Waals surface area contributed by atoms with Crippen LogP contribution in [0.25, 0.3) is 0 Å². The molecule has 2 N–H and O–H groups in total. The Morgan fingerprint density at radius 3 is 2.32 bits per heavy atom. The quantitative estimate of drug-likeness (QED) is 0.847. The molecule has 6 nitrogen and oxygen atoms in total. The maximum absolute atomic E-state index is 12.2. The van der Waals surface area contributed by atoms with E-state index in [1.807, 2.05) is 59.0 Å². The first-order chi connectivity index (χ1) is 11.8. The molecule has 0 aliphatic rings. The molecular weight excluding hydrogens is 316 g/mol. The number of amides is 2. The monoisotopic (exact) mass is 342 g/mol. The summed E-state index contributed by atoms with van der Waals surface area (Å²) in [5.41, 5.74) is 4.62. The smallest absolute Gasteiger partial charge is 0.226 e. The summed E-state index contributed by atoms with van der Waals surface area (Å²) in [5, 5.41) is 10.1. The standard InChI is InChI=1S/C19H26N4O2/c1-12(2)19(25)21-16-8-6-15(7-9-16)11-20-18(24)10-17-13(3)22-23(5)14(17)4/h6-9,12H,10-11H2,1-5H3,(H,20,24)(H,21,25). The second-order valence-electron chi connectivity index (χ2n) is 6.57. The van der Waals surface area contributed by atoms with Gasteiger partial charge in [0.05, 0.1) is 12.1 Å². The number of hydrogen-bond acceptors (Lipinski definition) is 3. The minimum absolute atomic E-state index is 0.0109. The van der Waals surface area contributed by atoms with Crippen molar-refractivity contribution in [3.05, 3.63) is 46.8 Å². The first-order valence-electron chi connectivity index (χ1n) is 8.43. The van der Waals surface area contributed by atoms with Crippen LogP contribution in [0.1, 0.15) is 36.4 Å². The number of rotatable bonds is 6. The van der Waals surface area contributed by atoms with Crippen molar-refractivity contribution >= 4 is 17.5 Å². The van der Waals surface area contributed by atoms with Crippen molar-refractivity contribution in [2.24, 2.45) is 13.0 Å². The zero-order valence-corrected chi connectivity index (χ0v) is 15.5. The van der Waals surface area contributed by atoms with Crippen LogP contribution in [0.5, 0.6) is 0 Å². The summed E-state index contributed by atoms with van der Waals surface area (Å²) >= 11 is 0. The van der Waals surface area contributed by atoms with Gasteiger partial charge in [-0.15, -0.1) is 0 Å². The summed E-state index contributed by atoms with van der Waals surface area (Å²) in [6.45, 7) is 8.04. The molecule has 2 aromatic rings. The number of carbonyl (C=O) groups is 2. The van der Waals surface area contributed by atoms with Crippen molar-refractivity contribution in [3.63, 3.8) is 0 Å². The Labute approximate surface area is 148 Å². The van der Waals surface area contributed by atoms with Crippen LogP contribution in [-0.2, 0) is 29.6 Å². The molecule has 0 aliphatic heterocycles. The van der Waals surface area contributed by atoms with E-state index >= 15 is 0 Å². The molecule has 1 aromatic carbocycles. The lowest BCUT2D eigenvalue weighted by molar-refractivity contribution is -0.120. The number of hydrogen-bond donors (Lipinski definition) is 2. The number of anilines is 1. The molecule has 2 amide bonds. The van der Waals surface area contributed by atoms with Crippen molar-refractivity contribution < 1.29 is 9.59 Å². The van der Waals surface area contributed by atoms with Crippen molar-refractivity contribution in [2.75, 3.05) is 5.32 Å². The average Bonchev–Trinajstić information content (AvgIpc) is 2.80. The number of nitrogens with one attached hydrogen (secondary N) is 2. The zero-order valence-electron chi connectivity index (χ0n) is 15.5. The highest BCUT2D eigenvalue weighted by atomic mass is 16.2. The normalized spacial score (nSPS) is 10.8. The summed E-state index contributed by atoms with van der Waals surface area (Å²) in [6.07, 6.45) is 0.327. The summed E-state index contributed by atoms with van der Waals surface area (Å²) in [5.74, 6) is -0.0991. The molecule has 6 heteroatoms. The molecule has 25 heavy (non-hydrogen) atoms. The van der Waals surface area contributed by atoms with Crippen LogP contribution >= 0.6 is 0 Å². The van der Waals surface area contributed by atoms with Gasteiger partial charge in [-0.25, -0.2) is 0 Å². The Balaban J connectivity index is 1.88. The number of aryl methyl sites for hydroxylation is 2. The van der Waals surface area contributed by atoms with Gasteiger partial charge in [0.1, 0.15) is 0 Å². The number of nitrogens with zero attached hydrogens (tertiary/aromatic N) is 2. The second kappa shape index (κ2) is 7.96. The maximum Gasteiger partial charge on any atom is 0.226 e. The minimum atomic E-state index is -0.0571. The molecule has 0 spiro atoms. The van der Waals surface area contributed by atoms with Gasteiger partial charge in [-0.3, -0.25) is 14.3 Å². The van der Waals surface area contributed by atoms with Crippen LogP contribution in [0.15, 0.2) is 24.3 Å². The molecule has 2 rings (SSSR count). The van der Waals surface area contributed by atoms with E-state index in [2.05, 4.69) is 15.7 Å². The maximum atomic E-state index is 12.2. The molecule has 0 atom stereocenters. The lowest BCUT2D eigenvalue weighted by Crippen LogP contribution is -2.25. The lowest BCUT2D eigenvalue weighted by Gasteiger charge is -2.09. The third-order valence-corrected chi connectivity index (χ3v) is 4.23. The largest absolute Gasteiger partial charge is 0.352 e. The first kappa shape index (κ1) is 18.7. The molecule has 0 aliphatic carbocycles. The Hall–Kier alpha value is -2.63.